The highest BCUT2D eigenvalue weighted by Gasteiger charge is 2.56. The second-order valence-corrected chi connectivity index (χ2v) is 12.5. The Bertz CT molecular complexity index is 788. The van der Waals surface area contributed by atoms with Crippen LogP contribution in [-0.2, 0) is 9.59 Å². The lowest BCUT2D eigenvalue weighted by Crippen LogP contribution is -2.51. The summed E-state index contributed by atoms with van der Waals surface area (Å²) in [6.07, 6.45) is 15.9. The maximum Gasteiger partial charge on any atom is 0.232 e. The number of hydrogen-bond donors (Lipinski definition) is 2. The number of furan rings is 1. The van der Waals surface area contributed by atoms with E-state index in [4.69, 9.17) is 4.42 Å². The van der Waals surface area contributed by atoms with E-state index in [1.165, 1.54) is 38.5 Å². The van der Waals surface area contributed by atoms with Gasteiger partial charge in [-0.1, -0.05) is 0 Å². The van der Waals surface area contributed by atoms with E-state index in [-0.39, 0.29) is 22.6 Å². The first kappa shape index (κ1) is 18.8. The molecular weight excluding hydrogens is 388 g/mol. The van der Waals surface area contributed by atoms with Gasteiger partial charge in [0.2, 0.25) is 17.7 Å². The van der Waals surface area contributed by atoms with E-state index in [1.54, 1.807) is 12.3 Å². The van der Waals surface area contributed by atoms with E-state index in [0.717, 1.165) is 74.0 Å². The van der Waals surface area contributed by atoms with Gasteiger partial charge in [0.15, 0.2) is 0 Å². The first-order chi connectivity index (χ1) is 15.0. The van der Waals surface area contributed by atoms with Crippen LogP contribution < -0.4 is 10.6 Å². The Balaban J connectivity index is 1.03. The van der Waals surface area contributed by atoms with Crippen molar-refractivity contribution in [2.24, 2.45) is 46.3 Å². The summed E-state index contributed by atoms with van der Waals surface area (Å²) in [5, 5.41) is 6.22. The fourth-order valence-corrected chi connectivity index (χ4v) is 9.75. The van der Waals surface area contributed by atoms with Crippen LogP contribution in [0.2, 0.25) is 0 Å². The lowest BCUT2D eigenvalue weighted by Gasteiger charge is -2.55. The SMILES string of the molecule is O=C(Nc1coc(NC(=O)C23CC4CC(CC(C4)C2)C3)c1)C12CC3CC(CC(C3)C1)C2. The van der Waals surface area contributed by atoms with E-state index in [0.29, 0.717) is 11.6 Å². The Hall–Kier alpha value is -1.78. The molecule has 8 aliphatic carbocycles. The minimum atomic E-state index is -0.190. The Kier molecular flexibility index (Phi) is 3.86. The smallest absolute Gasteiger partial charge is 0.232 e. The minimum absolute atomic E-state index is 0.139. The van der Waals surface area contributed by atoms with Crippen molar-refractivity contribution in [3.8, 4) is 0 Å². The van der Waals surface area contributed by atoms with Gasteiger partial charge in [0, 0.05) is 6.07 Å². The molecule has 2 N–H and O–H groups in total. The Labute approximate surface area is 184 Å². The van der Waals surface area contributed by atoms with E-state index in [2.05, 4.69) is 10.6 Å². The van der Waals surface area contributed by atoms with Gasteiger partial charge >= 0.3 is 0 Å². The summed E-state index contributed by atoms with van der Waals surface area (Å²) in [6, 6.07) is 1.80. The van der Waals surface area contributed by atoms with E-state index in [9.17, 15) is 9.59 Å². The second-order valence-electron chi connectivity index (χ2n) is 12.5. The predicted octanol–water partition coefficient (Wildman–Crippen LogP) is 5.59. The third kappa shape index (κ3) is 2.94. The number of anilines is 2. The fraction of sp³-hybridized carbons (Fsp3) is 0.769. The highest BCUT2D eigenvalue weighted by molar-refractivity contribution is 5.97. The van der Waals surface area contributed by atoms with Crippen LogP contribution in [0.1, 0.15) is 77.0 Å². The molecule has 31 heavy (non-hydrogen) atoms. The van der Waals surface area contributed by atoms with Crippen molar-refractivity contribution >= 4 is 23.4 Å². The van der Waals surface area contributed by atoms with E-state index < -0.39 is 0 Å². The van der Waals surface area contributed by atoms with Crippen LogP contribution in [0.3, 0.4) is 0 Å². The molecule has 5 heteroatoms. The Morgan fingerprint density at radius 1 is 0.677 bits per heavy atom. The van der Waals surface area contributed by atoms with Gasteiger partial charge in [-0.3, -0.25) is 14.9 Å². The molecule has 1 aromatic rings. The van der Waals surface area contributed by atoms with Crippen molar-refractivity contribution in [3.05, 3.63) is 12.3 Å². The van der Waals surface area contributed by atoms with Crippen LogP contribution in [0.5, 0.6) is 0 Å². The standard InChI is InChI=1S/C26H34N2O3/c29-23(25-8-15-1-16(9-25)3-17(2-15)10-25)27-21-7-22(31-14-21)28-24(30)26-11-18-4-19(12-26)6-20(5-18)13-26/h7,14-20H,1-6,8-13H2,(H,27,29)(H,28,30). The first-order valence-corrected chi connectivity index (χ1v) is 12.7. The monoisotopic (exact) mass is 422 g/mol. The third-order valence-electron chi connectivity index (χ3n) is 10.1. The number of hydrogen-bond acceptors (Lipinski definition) is 3. The maximum atomic E-state index is 13.3. The van der Waals surface area contributed by atoms with Crippen LogP contribution >= 0.6 is 0 Å². The fourth-order valence-electron chi connectivity index (χ4n) is 9.75. The van der Waals surface area contributed by atoms with Gasteiger partial charge in [0.1, 0.15) is 6.26 Å². The summed E-state index contributed by atoms with van der Waals surface area (Å²) in [6.45, 7) is 0. The van der Waals surface area contributed by atoms with Crippen molar-refractivity contribution in [1.29, 1.82) is 0 Å². The van der Waals surface area contributed by atoms with Gasteiger partial charge in [-0.2, -0.15) is 0 Å². The van der Waals surface area contributed by atoms with Crippen molar-refractivity contribution in [1.82, 2.24) is 0 Å². The molecule has 8 fully saturated rings. The summed E-state index contributed by atoms with van der Waals surface area (Å²) in [5.74, 6) is 5.24. The van der Waals surface area contributed by atoms with E-state index >= 15 is 0 Å². The summed E-state index contributed by atoms with van der Waals surface area (Å²) < 4.78 is 5.67. The van der Waals surface area contributed by atoms with Gasteiger partial charge in [-0.25, -0.2) is 0 Å². The molecule has 0 aromatic carbocycles. The van der Waals surface area contributed by atoms with Crippen molar-refractivity contribution in [2.75, 3.05) is 10.6 Å². The van der Waals surface area contributed by atoms with Crippen LogP contribution in [0.4, 0.5) is 11.6 Å². The number of carbonyl (C=O) groups excluding carboxylic acids is 2. The zero-order valence-corrected chi connectivity index (χ0v) is 18.3. The minimum Gasteiger partial charge on any atom is -0.446 e. The number of carbonyl (C=O) groups is 2. The molecule has 8 aliphatic rings. The molecule has 0 unspecified atom stereocenters. The molecule has 0 aliphatic heterocycles. The zero-order valence-electron chi connectivity index (χ0n) is 18.3. The van der Waals surface area contributed by atoms with Gasteiger partial charge in [-0.05, 0) is 113 Å². The average molecular weight is 423 g/mol. The molecule has 0 atom stereocenters. The Morgan fingerprint density at radius 3 is 1.48 bits per heavy atom. The van der Waals surface area contributed by atoms with Gasteiger partial charge in [0.05, 0.1) is 16.5 Å². The summed E-state index contributed by atoms with van der Waals surface area (Å²) >= 11 is 0. The molecule has 5 nitrogen and oxygen atoms in total. The summed E-state index contributed by atoms with van der Waals surface area (Å²) in [7, 11) is 0. The molecule has 1 aromatic heterocycles. The van der Waals surface area contributed by atoms with Crippen LogP contribution in [-0.4, -0.2) is 11.8 Å². The second kappa shape index (κ2) is 6.39. The average Bonchev–Trinajstić information content (AvgIpc) is 3.12. The molecule has 2 amide bonds. The maximum absolute atomic E-state index is 13.3. The van der Waals surface area contributed by atoms with Gasteiger partial charge in [0.25, 0.3) is 0 Å². The van der Waals surface area contributed by atoms with Crippen LogP contribution in [0, 0.1) is 46.3 Å². The van der Waals surface area contributed by atoms with Gasteiger partial charge < -0.3 is 9.73 Å². The molecule has 8 saturated carbocycles. The van der Waals surface area contributed by atoms with Crippen LogP contribution in [0.15, 0.2) is 16.7 Å². The summed E-state index contributed by atoms with van der Waals surface area (Å²) in [5.41, 5.74) is 0.320. The third-order valence-corrected chi connectivity index (χ3v) is 10.1. The summed E-state index contributed by atoms with van der Waals surface area (Å²) in [4.78, 5) is 26.6. The highest BCUT2D eigenvalue weighted by Crippen LogP contribution is 2.61. The zero-order chi connectivity index (χ0) is 20.8. The number of rotatable bonds is 4. The molecular formula is C26H34N2O3. The largest absolute Gasteiger partial charge is 0.446 e. The van der Waals surface area contributed by atoms with Crippen molar-refractivity contribution in [3.63, 3.8) is 0 Å². The lowest BCUT2D eigenvalue weighted by molar-refractivity contribution is -0.141. The number of amides is 2. The van der Waals surface area contributed by atoms with Crippen molar-refractivity contribution < 1.29 is 14.0 Å². The predicted molar refractivity (Wildman–Crippen MR) is 117 cm³/mol. The van der Waals surface area contributed by atoms with Crippen LogP contribution in [0.25, 0.3) is 0 Å². The molecule has 9 rings (SSSR count). The molecule has 1 heterocycles. The van der Waals surface area contributed by atoms with E-state index in [1.807, 2.05) is 0 Å². The molecule has 0 spiro atoms. The molecule has 0 radical (unpaired) electrons. The van der Waals surface area contributed by atoms with Gasteiger partial charge in [-0.15, -0.1) is 0 Å². The number of nitrogens with one attached hydrogen (secondary N) is 2. The lowest BCUT2D eigenvalue weighted by atomic mass is 9.49. The Morgan fingerprint density at radius 2 is 1.06 bits per heavy atom. The molecule has 0 saturated heterocycles. The highest BCUT2D eigenvalue weighted by atomic mass is 16.3. The molecule has 166 valence electrons. The topological polar surface area (TPSA) is 71.3 Å². The normalized spacial score (nSPS) is 46.3. The molecule has 8 bridgehead atoms. The quantitative estimate of drug-likeness (QED) is 0.664. The first-order valence-electron chi connectivity index (χ1n) is 12.7. The van der Waals surface area contributed by atoms with Crippen molar-refractivity contribution in [2.45, 2.75) is 77.0 Å².